The molecule has 1 atom stereocenters. The van der Waals surface area contributed by atoms with Gasteiger partial charge in [-0.15, -0.1) is 0 Å². The van der Waals surface area contributed by atoms with Crippen molar-refractivity contribution < 1.29 is 9.47 Å². The lowest BCUT2D eigenvalue weighted by atomic mass is 9.58. The van der Waals surface area contributed by atoms with E-state index in [4.69, 9.17) is 9.47 Å². The van der Waals surface area contributed by atoms with E-state index < -0.39 is 0 Å². The molecule has 0 saturated carbocycles. The van der Waals surface area contributed by atoms with E-state index in [9.17, 15) is 0 Å². The van der Waals surface area contributed by atoms with Gasteiger partial charge in [0.1, 0.15) is 6.79 Å². The molecule has 0 amide bonds. The van der Waals surface area contributed by atoms with Crippen LogP contribution in [0, 0.1) is 16.7 Å². The van der Waals surface area contributed by atoms with Gasteiger partial charge in [-0.25, -0.2) is 0 Å². The predicted molar refractivity (Wildman–Crippen MR) is 72.3 cm³/mol. The Kier molecular flexibility index (Phi) is 3.06. The summed E-state index contributed by atoms with van der Waals surface area (Å²) in [4.78, 5) is 0. The van der Waals surface area contributed by atoms with Crippen LogP contribution in [0.2, 0.25) is 0 Å². The van der Waals surface area contributed by atoms with E-state index in [1.165, 1.54) is 32.1 Å². The van der Waals surface area contributed by atoms with Gasteiger partial charge in [0.2, 0.25) is 0 Å². The van der Waals surface area contributed by atoms with Crippen LogP contribution in [0.25, 0.3) is 0 Å². The van der Waals surface area contributed by atoms with E-state index >= 15 is 0 Å². The first-order valence-electron chi connectivity index (χ1n) is 7.40. The number of allylic oxidation sites excluding steroid dienone is 2. The topological polar surface area (TPSA) is 18.5 Å². The molecule has 0 aromatic carbocycles. The Hall–Kier alpha value is -0.340. The average molecular weight is 250 g/mol. The van der Waals surface area contributed by atoms with E-state index in [2.05, 4.69) is 20.8 Å². The monoisotopic (exact) mass is 250 g/mol. The van der Waals surface area contributed by atoms with Crippen molar-refractivity contribution in [2.45, 2.75) is 52.9 Å². The number of hydrogen-bond acceptors (Lipinski definition) is 2. The molecule has 2 aliphatic carbocycles. The molecule has 0 bridgehead atoms. The second-order valence-electron chi connectivity index (χ2n) is 7.28. The standard InChI is InChI=1S/C16H26O2/c1-12-7-13-5-4-6-15(2,3)14(13)8-16(12)9-17-11-18-10-16/h12H,4-11H2,1-3H3/t12-/m0/s1. The van der Waals surface area contributed by atoms with Crippen molar-refractivity contribution in [3.05, 3.63) is 11.1 Å². The van der Waals surface area contributed by atoms with E-state index in [1.54, 1.807) is 11.1 Å². The molecule has 0 radical (unpaired) electrons. The zero-order chi connectivity index (χ0) is 12.8. The van der Waals surface area contributed by atoms with Gasteiger partial charge in [0.05, 0.1) is 13.2 Å². The fourth-order valence-electron chi connectivity index (χ4n) is 4.20. The molecule has 2 nitrogen and oxygen atoms in total. The number of hydrogen-bond donors (Lipinski definition) is 0. The average Bonchev–Trinajstić information content (AvgIpc) is 2.33. The molecule has 3 rings (SSSR count). The van der Waals surface area contributed by atoms with Gasteiger partial charge in [-0.05, 0) is 43.4 Å². The Morgan fingerprint density at radius 1 is 1.17 bits per heavy atom. The summed E-state index contributed by atoms with van der Waals surface area (Å²) in [7, 11) is 0. The molecule has 18 heavy (non-hydrogen) atoms. The molecule has 1 saturated heterocycles. The largest absolute Gasteiger partial charge is 0.355 e. The van der Waals surface area contributed by atoms with Gasteiger partial charge in [-0.2, -0.15) is 0 Å². The fourth-order valence-corrected chi connectivity index (χ4v) is 4.20. The minimum Gasteiger partial charge on any atom is -0.355 e. The molecule has 0 unspecified atom stereocenters. The van der Waals surface area contributed by atoms with Crippen molar-refractivity contribution in [3.63, 3.8) is 0 Å². The summed E-state index contributed by atoms with van der Waals surface area (Å²) in [6.07, 6.45) is 6.53. The first kappa shape index (κ1) is 12.7. The van der Waals surface area contributed by atoms with Crippen LogP contribution in [0.4, 0.5) is 0 Å². The zero-order valence-electron chi connectivity index (χ0n) is 12.1. The molecule has 1 spiro atoms. The molecule has 1 aliphatic heterocycles. The number of rotatable bonds is 0. The van der Waals surface area contributed by atoms with Crippen molar-refractivity contribution in [2.75, 3.05) is 20.0 Å². The van der Waals surface area contributed by atoms with Crippen LogP contribution in [0.1, 0.15) is 52.9 Å². The Morgan fingerprint density at radius 2 is 1.89 bits per heavy atom. The van der Waals surface area contributed by atoms with Crippen molar-refractivity contribution in [3.8, 4) is 0 Å². The van der Waals surface area contributed by atoms with E-state index in [0.29, 0.717) is 18.1 Å². The van der Waals surface area contributed by atoms with Crippen molar-refractivity contribution in [1.29, 1.82) is 0 Å². The summed E-state index contributed by atoms with van der Waals surface area (Å²) in [5.74, 6) is 0.699. The molecule has 0 N–H and O–H groups in total. The molecule has 0 aromatic rings. The smallest absolute Gasteiger partial charge is 0.146 e. The molecular formula is C16H26O2. The van der Waals surface area contributed by atoms with Crippen LogP contribution in [0.3, 0.4) is 0 Å². The maximum atomic E-state index is 5.64. The third kappa shape index (κ3) is 1.94. The lowest BCUT2D eigenvalue weighted by molar-refractivity contribution is -0.182. The quantitative estimate of drug-likeness (QED) is 0.607. The van der Waals surface area contributed by atoms with Gasteiger partial charge in [-0.1, -0.05) is 31.9 Å². The normalized spacial score (nSPS) is 34.5. The lowest BCUT2D eigenvalue weighted by Gasteiger charge is -2.50. The van der Waals surface area contributed by atoms with Gasteiger partial charge in [0, 0.05) is 5.41 Å². The summed E-state index contributed by atoms with van der Waals surface area (Å²) in [6, 6.07) is 0. The third-order valence-corrected chi connectivity index (χ3v) is 5.60. The highest BCUT2D eigenvalue weighted by molar-refractivity contribution is 5.29. The first-order valence-corrected chi connectivity index (χ1v) is 7.40. The molecule has 2 heteroatoms. The van der Waals surface area contributed by atoms with Crippen LogP contribution in [-0.2, 0) is 9.47 Å². The molecule has 1 heterocycles. The van der Waals surface area contributed by atoms with E-state index in [1.807, 2.05) is 0 Å². The van der Waals surface area contributed by atoms with E-state index in [0.717, 1.165) is 13.2 Å². The molecule has 3 aliphatic rings. The third-order valence-electron chi connectivity index (χ3n) is 5.60. The zero-order valence-corrected chi connectivity index (χ0v) is 12.1. The van der Waals surface area contributed by atoms with Gasteiger partial charge in [0.15, 0.2) is 0 Å². The summed E-state index contributed by atoms with van der Waals surface area (Å²) >= 11 is 0. The molecule has 1 fully saturated rings. The Bertz CT molecular complexity index is 361. The molecule has 102 valence electrons. The maximum Gasteiger partial charge on any atom is 0.146 e. The van der Waals surface area contributed by atoms with Crippen LogP contribution in [0.5, 0.6) is 0 Å². The van der Waals surface area contributed by atoms with Gasteiger partial charge in [0.25, 0.3) is 0 Å². The minimum atomic E-state index is 0.256. The second kappa shape index (κ2) is 4.35. The Balaban J connectivity index is 1.92. The molecule has 0 aromatic heterocycles. The highest BCUT2D eigenvalue weighted by Gasteiger charge is 2.46. The van der Waals surface area contributed by atoms with Crippen LogP contribution in [-0.4, -0.2) is 20.0 Å². The van der Waals surface area contributed by atoms with Crippen molar-refractivity contribution in [2.24, 2.45) is 16.7 Å². The summed E-state index contributed by atoms with van der Waals surface area (Å²) in [5, 5.41) is 0. The highest BCUT2D eigenvalue weighted by Crippen LogP contribution is 2.54. The van der Waals surface area contributed by atoms with Gasteiger partial charge in [-0.3, -0.25) is 0 Å². The summed E-state index contributed by atoms with van der Waals surface area (Å²) in [6.45, 7) is 9.51. The molecular weight excluding hydrogens is 224 g/mol. The van der Waals surface area contributed by atoms with Gasteiger partial charge >= 0.3 is 0 Å². The summed E-state index contributed by atoms with van der Waals surface area (Å²) < 4.78 is 11.3. The predicted octanol–water partition coefficient (Wildman–Crippen LogP) is 3.91. The van der Waals surface area contributed by atoms with Crippen molar-refractivity contribution >= 4 is 0 Å². The van der Waals surface area contributed by atoms with Crippen LogP contribution >= 0.6 is 0 Å². The SMILES string of the molecule is C[C@H]1CC2=C(CC13COCOC3)C(C)(C)CCC2. The Labute approximate surface area is 111 Å². The minimum absolute atomic E-state index is 0.256. The second-order valence-corrected chi connectivity index (χ2v) is 7.28. The van der Waals surface area contributed by atoms with Crippen molar-refractivity contribution in [1.82, 2.24) is 0 Å². The van der Waals surface area contributed by atoms with Gasteiger partial charge < -0.3 is 9.47 Å². The highest BCUT2D eigenvalue weighted by atomic mass is 16.7. The van der Waals surface area contributed by atoms with E-state index in [-0.39, 0.29) is 5.41 Å². The fraction of sp³-hybridized carbons (Fsp3) is 0.875. The maximum absolute atomic E-state index is 5.64. The number of ether oxygens (including phenoxy) is 2. The van der Waals surface area contributed by atoms with Crippen LogP contribution in [0.15, 0.2) is 11.1 Å². The lowest BCUT2D eigenvalue weighted by Crippen LogP contribution is -2.47. The summed E-state index contributed by atoms with van der Waals surface area (Å²) in [5.41, 5.74) is 4.15. The van der Waals surface area contributed by atoms with Crippen LogP contribution < -0.4 is 0 Å². The first-order chi connectivity index (χ1) is 8.54. The Morgan fingerprint density at radius 3 is 2.61 bits per heavy atom.